The van der Waals surface area contributed by atoms with Crippen molar-refractivity contribution >= 4 is 29.9 Å². The average molecular weight is 304 g/mol. The van der Waals surface area contributed by atoms with Crippen molar-refractivity contribution in [3.8, 4) is 0 Å². The molecule has 16 heavy (non-hydrogen) atoms. The Hall–Kier alpha value is -0.683. The lowest BCUT2D eigenvalue weighted by molar-refractivity contribution is 0.0959. The van der Waals surface area contributed by atoms with Gasteiger partial charge in [0.05, 0.1) is 12.5 Å². The third kappa shape index (κ3) is 4.06. The second-order valence-corrected chi connectivity index (χ2v) is 11.2. The molecule has 2 nitrogen and oxygen atoms in total. The number of hydrogen-bond acceptors (Lipinski definition) is 1. The van der Waals surface area contributed by atoms with Gasteiger partial charge in [-0.15, -0.1) is 0 Å². The molecule has 0 unspecified atom stereocenters. The fourth-order valence-electron chi connectivity index (χ4n) is 1.08. The molecule has 0 heterocycles. The van der Waals surface area contributed by atoms with Crippen molar-refractivity contribution in [1.29, 1.82) is 0 Å². The summed E-state index contributed by atoms with van der Waals surface area (Å²) >= 11 is 3.06. The molecule has 1 N–H and O–H groups in total. The molecule has 88 valence electrons. The van der Waals surface area contributed by atoms with Crippen LogP contribution in [0.3, 0.4) is 0 Å². The van der Waals surface area contributed by atoms with Crippen molar-refractivity contribution in [3.05, 3.63) is 34.1 Å². The van der Waals surface area contributed by atoms with Crippen molar-refractivity contribution in [2.24, 2.45) is 0 Å². The second kappa shape index (κ2) is 5.10. The van der Waals surface area contributed by atoms with Crippen LogP contribution in [-0.2, 0) is 0 Å². The molecular weight excluding hydrogens is 289 g/mol. The molecule has 1 aromatic rings. The van der Waals surface area contributed by atoms with E-state index >= 15 is 0 Å². The summed E-state index contributed by atoms with van der Waals surface area (Å²) in [7, 11) is -1.30. The first kappa shape index (κ1) is 13.4. The highest BCUT2D eigenvalue weighted by Crippen LogP contribution is 2.16. The predicted molar refractivity (Wildman–Crippen MR) is 69.8 cm³/mol. The van der Waals surface area contributed by atoms with Gasteiger partial charge in [0.25, 0.3) is 5.91 Å². The molecule has 0 atom stereocenters. The quantitative estimate of drug-likeness (QED) is 0.854. The number of nitrogens with one attached hydrogen (secondary N) is 1. The highest BCUT2D eigenvalue weighted by molar-refractivity contribution is 9.10. The molecule has 0 aromatic heterocycles. The predicted octanol–water partition coefficient (Wildman–Crippen LogP) is 3.20. The lowest BCUT2D eigenvalue weighted by Gasteiger charge is -2.16. The van der Waals surface area contributed by atoms with Crippen LogP contribution in [0, 0.1) is 5.82 Å². The molecular formula is C11H15BrFNOSi. The molecule has 0 saturated carbocycles. The molecule has 0 spiro atoms. The maximum Gasteiger partial charge on any atom is 0.251 e. The summed E-state index contributed by atoms with van der Waals surface area (Å²) in [6, 6.07) is 4.27. The average Bonchev–Trinajstić information content (AvgIpc) is 2.17. The van der Waals surface area contributed by atoms with E-state index in [1.54, 1.807) is 0 Å². The van der Waals surface area contributed by atoms with E-state index in [1.807, 2.05) is 0 Å². The van der Waals surface area contributed by atoms with Crippen LogP contribution in [0.1, 0.15) is 10.4 Å². The Morgan fingerprint density at radius 1 is 1.44 bits per heavy atom. The van der Waals surface area contributed by atoms with Crippen molar-refractivity contribution < 1.29 is 9.18 Å². The van der Waals surface area contributed by atoms with Gasteiger partial charge in [0.15, 0.2) is 0 Å². The van der Waals surface area contributed by atoms with Gasteiger partial charge >= 0.3 is 0 Å². The van der Waals surface area contributed by atoms with Crippen LogP contribution in [0.25, 0.3) is 0 Å². The molecule has 0 aliphatic heterocycles. The largest absolute Gasteiger partial charge is 0.355 e. The monoisotopic (exact) mass is 303 g/mol. The van der Waals surface area contributed by atoms with E-state index in [0.717, 1.165) is 6.17 Å². The van der Waals surface area contributed by atoms with Crippen LogP contribution < -0.4 is 5.32 Å². The molecule has 0 aliphatic carbocycles. The summed E-state index contributed by atoms with van der Waals surface area (Å²) in [6.45, 7) is 6.52. The molecule has 5 heteroatoms. The maximum absolute atomic E-state index is 13.0. The van der Waals surface area contributed by atoms with Gasteiger partial charge in [-0.3, -0.25) is 4.79 Å². The van der Waals surface area contributed by atoms with Crippen molar-refractivity contribution in [1.82, 2.24) is 5.32 Å². The van der Waals surface area contributed by atoms with Crippen molar-refractivity contribution in [2.75, 3.05) is 6.17 Å². The van der Waals surface area contributed by atoms with Gasteiger partial charge in [0, 0.05) is 11.7 Å². The second-order valence-electron chi connectivity index (χ2n) is 4.87. The zero-order chi connectivity index (χ0) is 12.3. The molecule has 0 bridgehead atoms. The van der Waals surface area contributed by atoms with E-state index in [4.69, 9.17) is 0 Å². The van der Waals surface area contributed by atoms with Crippen LogP contribution >= 0.6 is 15.9 Å². The van der Waals surface area contributed by atoms with Gasteiger partial charge in [-0.1, -0.05) is 19.6 Å². The first-order valence-corrected chi connectivity index (χ1v) is 9.53. The van der Waals surface area contributed by atoms with Crippen LogP contribution in [0.5, 0.6) is 0 Å². The molecule has 1 aromatic carbocycles. The van der Waals surface area contributed by atoms with E-state index in [2.05, 4.69) is 40.9 Å². The van der Waals surface area contributed by atoms with Gasteiger partial charge in [0.1, 0.15) is 5.82 Å². The lowest BCUT2D eigenvalue weighted by atomic mass is 10.2. The topological polar surface area (TPSA) is 29.1 Å². The number of rotatable bonds is 3. The summed E-state index contributed by atoms with van der Waals surface area (Å²) < 4.78 is 13.3. The summed E-state index contributed by atoms with van der Waals surface area (Å²) in [5.74, 6) is -0.509. The molecule has 0 fully saturated rings. The van der Waals surface area contributed by atoms with Gasteiger partial charge in [-0.2, -0.15) is 0 Å². The number of hydrogen-bond donors (Lipinski definition) is 1. The van der Waals surface area contributed by atoms with Crippen molar-refractivity contribution in [3.63, 3.8) is 0 Å². The molecule has 0 aliphatic rings. The summed E-state index contributed by atoms with van der Waals surface area (Å²) in [5, 5.41) is 2.87. The molecule has 0 radical (unpaired) electrons. The summed E-state index contributed by atoms with van der Waals surface area (Å²) in [5.41, 5.74) is 0.478. The Kier molecular flexibility index (Phi) is 4.26. The Morgan fingerprint density at radius 2 is 2.06 bits per heavy atom. The van der Waals surface area contributed by atoms with Crippen LogP contribution in [-0.4, -0.2) is 20.1 Å². The highest BCUT2D eigenvalue weighted by atomic mass is 79.9. The molecule has 1 rings (SSSR count). The Bertz CT molecular complexity index is 403. The summed E-state index contributed by atoms with van der Waals surface area (Å²) in [6.07, 6.45) is 0.723. The first-order valence-electron chi connectivity index (χ1n) is 5.03. The number of carbonyl (C=O) groups is 1. The van der Waals surface area contributed by atoms with Crippen LogP contribution in [0.15, 0.2) is 22.7 Å². The number of halogens is 2. The number of benzene rings is 1. The zero-order valence-electron chi connectivity index (χ0n) is 9.60. The third-order valence-electron chi connectivity index (χ3n) is 1.96. The van der Waals surface area contributed by atoms with E-state index < -0.39 is 8.07 Å². The van der Waals surface area contributed by atoms with E-state index in [-0.39, 0.29) is 11.7 Å². The first-order chi connectivity index (χ1) is 7.29. The van der Waals surface area contributed by atoms with Gasteiger partial charge in [-0.25, -0.2) is 4.39 Å². The Balaban J connectivity index is 2.70. The number of amides is 1. The Morgan fingerprint density at radius 3 is 2.56 bits per heavy atom. The third-order valence-corrected chi connectivity index (χ3v) is 3.81. The summed E-state index contributed by atoms with van der Waals surface area (Å²) in [4.78, 5) is 11.7. The normalized spacial score (nSPS) is 11.3. The lowest BCUT2D eigenvalue weighted by Crippen LogP contribution is -2.39. The minimum atomic E-state index is -1.30. The van der Waals surface area contributed by atoms with Gasteiger partial charge in [-0.05, 0) is 34.1 Å². The zero-order valence-corrected chi connectivity index (χ0v) is 12.2. The highest BCUT2D eigenvalue weighted by Gasteiger charge is 2.15. The van der Waals surface area contributed by atoms with E-state index in [1.165, 1.54) is 18.2 Å². The Labute approximate surface area is 104 Å². The van der Waals surface area contributed by atoms with Crippen LogP contribution in [0.4, 0.5) is 4.39 Å². The smallest absolute Gasteiger partial charge is 0.251 e. The molecule has 0 saturated heterocycles. The fraction of sp³-hybridized carbons (Fsp3) is 0.364. The van der Waals surface area contributed by atoms with E-state index in [9.17, 15) is 9.18 Å². The maximum atomic E-state index is 13.0. The van der Waals surface area contributed by atoms with Gasteiger partial charge < -0.3 is 5.32 Å². The van der Waals surface area contributed by atoms with Crippen LogP contribution in [0.2, 0.25) is 19.6 Å². The minimum Gasteiger partial charge on any atom is -0.355 e. The minimum absolute atomic E-state index is 0.150. The van der Waals surface area contributed by atoms with E-state index in [0.29, 0.717) is 10.0 Å². The standard InChI is InChI=1S/C11H15BrFNOSi/c1-16(2,3)7-14-11(15)8-4-5-10(13)9(12)6-8/h4-6H,7H2,1-3H3,(H,14,15). The van der Waals surface area contributed by atoms with Crippen molar-refractivity contribution in [2.45, 2.75) is 19.6 Å². The molecule has 1 amide bonds. The fourth-order valence-corrected chi connectivity index (χ4v) is 2.15. The number of carbonyl (C=O) groups excluding carboxylic acids is 1. The SMILES string of the molecule is C[Si](C)(C)CNC(=O)c1ccc(F)c(Br)c1. The van der Waals surface area contributed by atoms with Gasteiger partial charge in [0.2, 0.25) is 0 Å².